The van der Waals surface area contributed by atoms with Gasteiger partial charge >= 0.3 is 105 Å². The summed E-state index contributed by atoms with van der Waals surface area (Å²) >= 11 is 3.17. The van der Waals surface area contributed by atoms with E-state index < -0.39 is 0 Å². The zero-order chi connectivity index (χ0) is 9.97. The summed E-state index contributed by atoms with van der Waals surface area (Å²) in [5.74, 6) is 0.940. The number of hydrogen-bond acceptors (Lipinski definition) is 1. The molecule has 1 heterocycles. The first-order valence-electron chi connectivity index (χ1n) is 4.47. The summed E-state index contributed by atoms with van der Waals surface area (Å²) < 4.78 is 8.28. The van der Waals surface area contributed by atoms with Crippen molar-refractivity contribution in [1.29, 1.82) is 0 Å². The van der Waals surface area contributed by atoms with E-state index >= 15 is 0 Å². The molecule has 0 unspecified atom stereocenters. The molecule has 0 bridgehead atoms. The van der Waals surface area contributed by atoms with Crippen molar-refractivity contribution in [1.82, 2.24) is 0 Å². The molecule has 2 rings (SSSR count). The molecule has 14 heavy (non-hydrogen) atoms. The predicted molar refractivity (Wildman–Crippen MR) is 69.1 cm³/mol. The predicted octanol–water partition coefficient (Wildman–Crippen LogP) is 3.33. The van der Waals surface area contributed by atoms with E-state index in [9.17, 15) is 0 Å². The van der Waals surface area contributed by atoms with E-state index in [1.807, 2.05) is 12.1 Å². The third-order valence-electron chi connectivity index (χ3n) is 2.17. The van der Waals surface area contributed by atoms with Crippen LogP contribution >= 0.6 is 22.6 Å². The molecule has 1 aromatic carbocycles. The van der Waals surface area contributed by atoms with Gasteiger partial charge in [-0.2, -0.15) is 0 Å². The molecule has 0 amide bonds. The monoisotopic (exact) mass is 366 g/mol. The van der Waals surface area contributed by atoms with Crippen molar-refractivity contribution < 1.29 is 4.74 Å². The van der Waals surface area contributed by atoms with E-state index in [2.05, 4.69) is 34.7 Å². The second-order valence-corrected chi connectivity index (χ2v) is 6.68. The van der Waals surface area contributed by atoms with Gasteiger partial charge < -0.3 is 0 Å². The molecule has 1 aromatic rings. The molecule has 3 heteroatoms. The summed E-state index contributed by atoms with van der Waals surface area (Å²) in [7, 11) is 1.71. The molecule has 0 fully saturated rings. The molecular weight excluding hydrogens is 354 g/mol. The fraction of sp³-hybridized carbons (Fsp3) is 0.273. The molecule has 0 N–H and O–H groups in total. The Bertz CT molecular complexity index is 356. The fourth-order valence-electron chi connectivity index (χ4n) is 1.42. The molecule has 74 valence electrons. The average molecular weight is 365 g/mol. The summed E-state index contributed by atoms with van der Waals surface area (Å²) in [5, 5.41) is 1.37. The number of benzene rings is 1. The number of rotatable bonds is 2. The minimum atomic E-state index is 0.686. The van der Waals surface area contributed by atoms with E-state index in [0.29, 0.717) is 15.0 Å². The first-order chi connectivity index (χ1) is 6.81. The topological polar surface area (TPSA) is 9.23 Å². The van der Waals surface area contributed by atoms with Crippen LogP contribution < -0.4 is 4.74 Å². The summed E-state index contributed by atoms with van der Waals surface area (Å²) in [6.45, 7) is 0. The summed E-state index contributed by atoms with van der Waals surface area (Å²) in [6, 6.07) is 8.42. The van der Waals surface area contributed by atoms with Crippen LogP contribution in [0, 0.1) is 0 Å². The van der Waals surface area contributed by atoms with Crippen molar-refractivity contribution >= 4 is 42.0 Å². The Morgan fingerprint density at radius 2 is 2.00 bits per heavy atom. The van der Waals surface area contributed by atoms with E-state index in [0.717, 1.165) is 5.75 Å². The number of methoxy groups -OCH3 is 1. The first kappa shape index (κ1) is 10.5. The summed E-state index contributed by atoms with van der Waals surface area (Å²) in [4.78, 5) is 0. The molecule has 0 radical (unpaired) electrons. The van der Waals surface area contributed by atoms with Crippen LogP contribution in [0.2, 0.25) is 5.32 Å². The van der Waals surface area contributed by atoms with Gasteiger partial charge in [-0.05, 0) is 0 Å². The zero-order valence-corrected chi connectivity index (χ0v) is 11.8. The maximum absolute atomic E-state index is 5.15. The van der Waals surface area contributed by atoms with Gasteiger partial charge in [-0.3, -0.25) is 0 Å². The van der Waals surface area contributed by atoms with Crippen LogP contribution in [0.1, 0.15) is 12.0 Å². The normalized spacial score (nSPS) is 16.1. The van der Waals surface area contributed by atoms with Crippen LogP contribution in [0.4, 0.5) is 0 Å². The number of halogens is 1. The molecule has 1 aliphatic rings. The Balaban J connectivity index is 2.29. The van der Waals surface area contributed by atoms with Gasteiger partial charge in [0.1, 0.15) is 0 Å². The molecular formula is C11H11IOSe. The second-order valence-electron chi connectivity index (χ2n) is 3.06. The number of hydrogen-bond donors (Lipinski definition) is 0. The molecule has 0 saturated carbocycles. The van der Waals surface area contributed by atoms with E-state index in [1.165, 1.54) is 17.3 Å². The van der Waals surface area contributed by atoms with Gasteiger partial charge in [0, 0.05) is 0 Å². The molecule has 0 saturated heterocycles. The third kappa shape index (κ3) is 2.15. The average Bonchev–Trinajstić information content (AvgIpc) is 2.65. The van der Waals surface area contributed by atoms with Crippen LogP contribution in [0.25, 0.3) is 4.47 Å². The molecule has 0 atom stereocenters. The zero-order valence-electron chi connectivity index (χ0n) is 7.92. The minimum absolute atomic E-state index is 0.686. The fourth-order valence-corrected chi connectivity index (χ4v) is 5.88. The van der Waals surface area contributed by atoms with Gasteiger partial charge in [0.2, 0.25) is 0 Å². The molecule has 0 spiro atoms. The summed E-state index contributed by atoms with van der Waals surface area (Å²) in [6.07, 6.45) is 1.28. The Morgan fingerprint density at radius 3 is 2.50 bits per heavy atom. The van der Waals surface area contributed by atoms with Crippen molar-refractivity contribution in [2.75, 3.05) is 7.11 Å². The van der Waals surface area contributed by atoms with Gasteiger partial charge in [0.15, 0.2) is 0 Å². The number of allylic oxidation sites excluding steroid dienone is 1. The van der Waals surface area contributed by atoms with Crippen molar-refractivity contribution in [3.05, 3.63) is 33.4 Å². The Hall–Kier alpha value is 0.00948. The van der Waals surface area contributed by atoms with Gasteiger partial charge in [0.05, 0.1) is 0 Å². The van der Waals surface area contributed by atoms with Gasteiger partial charge in [-0.25, -0.2) is 0 Å². The quantitative estimate of drug-likeness (QED) is 0.577. The molecule has 0 aromatic heterocycles. The third-order valence-corrected chi connectivity index (χ3v) is 6.54. The van der Waals surface area contributed by atoms with Gasteiger partial charge in [0.25, 0.3) is 0 Å². The molecule has 1 nitrogen and oxygen atoms in total. The van der Waals surface area contributed by atoms with Crippen molar-refractivity contribution in [2.45, 2.75) is 11.7 Å². The van der Waals surface area contributed by atoms with Gasteiger partial charge in [-0.1, -0.05) is 0 Å². The van der Waals surface area contributed by atoms with E-state index in [-0.39, 0.29) is 0 Å². The second kappa shape index (κ2) is 4.69. The first-order valence-corrected chi connectivity index (χ1v) is 7.62. The summed E-state index contributed by atoms with van der Waals surface area (Å²) in [5.41, 5.74) is 1.38. The molecule has 1 aliphatic heterocycles. The van der Waals surface area contributed by atoms with Crippen molar-refractivity contribution in [3.8, 4) is 5.75 Å². The maximum atomic E-state index is 5.15. The van der Waals surface area contributed by atoms with Crippen LogP contribution in [-0.2, 0) is 0 Å². The van der Waals surface area contributed by atoms with E-state index in [4.69, 9.17) is 4.74 Å². The van der Waals surface area contributed by atoms with Crippen LogP contribution in [0.3, 0.4) is 0 Å². The van der Waals surface area contributed by atoms with Crippen LogP contribution in [0.15, 0.2) is 27.8 Å². The Morgan fingerprint density at radius 1 is 1.29 bits per heavy atom. The van der Waals surface area contributed by atoms with Crippen LogP contribution in [0.5, 0.6) is 5.75 Å². The molecule has 0 aliphatic carbocycles. The Labute approximate surface area is 104 Å². The standard InChI is InChI=1S/C11H11IOSe/c1-13-9-4-2-8(3-5-9)11-10(12)6-7-14-11/h2-5H,6-7H2,1H3. The van der Waals surface area contributed by atoms with Crippen LogP contribution in [-0.4, -0.2) is 22.1 Å². The van der Waals surface area contributed by atoms with E-state index in [1.54, 1.807) is 15.2 Å². The van der Waals surface area contributed by atoms with Gasteiger partial charge in [-0.15, -0.1) is 0 Å². The van der Waals surface area contributed by atoms with Crippen molar-refractivity contribution in [2.24, 2.45) is 0 Å². The SMILES string of the molecule is COc1ccc(C2=C(I)CC[Se]2)cc1. The Kier molecular flexibility index (Phi) is 3.52. The number of ether oxygens (including phenoxy) is 1. The van der Waals surface area contributed by atoms with Crippen molar-refractivity contribution in [3.63, 3.8) is 0 Å².